The van der Waals surface area contributed by atoms with E-state index in [0.717, 1.165) is 19.6 Å². The highest BCUT2D eigenvalue weighted by Gasteiger charge is 2.29. The van der Waals surface area contributed by atoms with Crippen molar-refractivity contribution >= 4 is 46.2 Å². The van der Waals surface area contributed by atoms with Crippen molar-refractivity contribution in [2.75, 3.05) is 36.4 Å². The second kappa shape index (κ2) is 9.47. The maximum atomic E-state index is 11.9. The van der Waals surface area contributed by atoms with Crippen LogP contribution in [0.4, 0.5) is 23.0 Å². The molecule has 0 radical (unpaired) electrons. The Morgan fingerprint density at radius 2 is 1.68 bits per heavy atom. The van der Waals surface area contributed by atoms with E-state index < -0.39 is 4.92 Å². The molecule has 4 rings (SSSR count). The number of piperazine rings is 1. The first-order valence-electron chi connectivity index (χ1n) is 9.73. The van der Waals surface area contributed by atoms with Gasteiger partial charge < -0.3 is 10.2 Å². The van der Waals surface area contributed by atoms with Gasteiger partial charge in [0.1, 0.15) is 6.33 Å². The van der Waals surface area contributed by atoms with E-state index in [4.69, 9.17) is 23.2 Å². The Hall–Kier alpha value is -2.94. The van der Waals surface area contributed by atoms with Crippen LogP contribution >= 0.6 is 23.2 Å². The first-order chi connectivity index (χ1) is 15.0. The zero-order valence-corrected chi connectivity index (χ0v) is 18.1. The lowest BCUT2D eigenvalue weighted by Gasteiger charge is -2.35. The molecule has 0 saturated carbocycles. The van der Waals surface area contributed by atoms with Gasteiger partial charge in [0, 0.05) is 48.5 Å². The van der Waals surface area contributed by atoms with Gasteiger partial charge in [-0.15, -0.1) is 0 Å². The van der Waals surface area contributed by atoms with E-state index in [9.17, 15) is 10.1 Å². The van der Waals surface area contributed by atoms with Crippen LogP contribution in [0.3, 0.4) is 0 Å². The molecule has 0 atom stereocenters. The molecule has 0 aliphatic carbocycles. The molecule has 0 spiro atoms. The summed E-state index contributed by atoms with van der Waals surface area (Å²) >= 11 is 12.1. The molecule has 1 aromatic heterocycles. The summed E-state index contributed by atoms with van der Waals surface area (Å²) < 4.78 is 0. The van der Waals surface area contributed by atoms with Gasteiger partial charge in [-0.3, -0.25) is 15.0 Å². The molecule has 1 fully saturated rings. The van der Waals surface area contributed by atoms with Crippen molar-refractivity contribution < 1.29 is 4.92 Å². The minimum atomic E-state index is -0.458. The number of hydrogen-bond acceptors (Lipinski definition) is 7. The van der Waals surface area contributed by atoms with Crippen molar-refractivity contribution in [3.63, 3.8) is 0 Å². The number of nitrogens with zero attached hydrogens (tertiary/aromatic N) is 5. The Balaban J connectivity index is 1.52. The van der Waals surface area contributed by atoms with E-state index in [-0.39, 0.29) is 11.5 Å². The zero-order chi connectivity index (χ0) is 21.8. The van der Waals surface area contributed by atoms with Gasteiger partial charge in [0.25, 0.3) is 0 Å². The van der Waals surface area contributed by atoms with Gasteiger partial charge in [-0.05, 0) is 23.8 Å². The highest BCUT2D eigenvalue weighted by molar-refractivity contribution is 6.35. The summed E-state index contributed by atoms with van der Waals surface area (Å²) in [5, 5.41) is 15.7. The van der Waals surface area contributed by atoms with Crippen molar-refractivity contribution in [1.82, 2.24) is 14.9 Å². The fourth-order valence-corrected chi connectivity index (χ4v) is 4.11. The maximum Gasteiger partial charge on any atom is 0.353 e. The molecule has 8 nitrogen and oxygen atoms in total. The van der Waals surface area contributed by atoms with Gasteiger partial charge >= 0.3 is 5.69 Å². The molecular weight excluding hydrogens is 439 g/mol. The lowest BCUT2D eigenvalue weighted by molar-refractivity contribution is -0.383. The van der Waals surface area contributed by atoms with Crippen molar-refractivity contribution in [2.45, 2.75) is 6.54 Å². The fraction of sp³-hybridized carbons (Fsp3) is 0.238. The van der Waals surface area contributed by atoms with E-state index in [2.05, 4.69) is 32.3 Å². The number of benzene rings is 2. The van der Waals surface area contributed by atoms with Crippen LogP contribution in [0.1, 0.15) is 5.56 Å². The second-order valence-corrected chi connectivity index (χ2v) is 8.06. The molecule has 2 aromatic carbocycles. The third-order valence-electron chi connectivity index (χ3n) is 5.03. The van der Waals surface area contributed by atoms with Crippen molar-refractivity contribution in [3.05, 3.63) is 80.6 Å². The van der Waals surface area contributed by atoms with E-state index in [1.165, 1.54) is 11.9 Å². The third-order valence-corrected chi connectivity index (χ3v) is 5.47. The number of anilines is 3. The van der Waals surface area contributed by atoms with Crippen molar-refractivity contribution in [2.24, 2.45) is 0 Å². The van der Waals surface area contributed by atoms with Gasteiger partial charge in [-0.2, -0.15) is 0 Å². The zero-order valence-electron chi connectivity index (χ0n) is 16.5. The Kier molecular flexibility index (Phi) is 6.50. The van der Waals surface area contributed by atoms with E-state index >= 15 is 0 Å². The molecule has 10 heteroatoms. The number of rotatable bonds is 6. The normalized spacial score (nSPS) is 14.5. The number of halogens is 2. The SMILES string of the molecule is O=[N+]([O-])c1c(Nc2cc(Cl)cc(Cl)c2)ncnc1N1CCN(Cc2ccccc2)CC1. The summed E-state index contributed by atoms with van der Waals surface area (Å²) in [4.78, 5) is 24.0. The molecule has 0 unspecified atom stereocenters. The summed E-state index contributed by atoms with van der Waals surface area (Å²) in [6, 6.07) is 15.1. The topological polar surface area (TPSA) is 87.4 Å². The molecule has 31 heavy (non-hydrogen) atoms. The van der Waals surface area contributed by atoms with Gasteiger partial charge in [0.05, 0.1) is 4.92 Å². The summed E-state index contributed by atoms with van der Waals surface area (Å²) in [5.74, 6) is 0.398. The summed E-state index contributed by atoms with van der Waals surface area (Å²) in [6.45, 7) is 3.68. The molecule has 1 N–H and O–H groups in total. The largest absolute Gasteiger partial charge is 0.353 e. The van der Waals surface area contributed by atoms with Crippen molar-refractivity contribution in [1.29, 1.82) is 0 Å². The van der Waals surface area contributed by atoms with E-state index in [1.54, 1.807) is 18.2 Å². The van der Waals surface area contributed by atoms with Gasteiger partial charge in [0.15, 0.2) is 0 Å². The predicted octanol–water partition coefficient (Wildman–Crippen LogP) is 4.76. The van der Waals surface area contributed by atoms with Crippen LogP contribution < -0.4 is 10.2 Å². The fourth-order valence-electron chi connectivity index (χ4n) is 3.58. The highest BCUT2D eigenvalue weighted by atomic mass is 35.5. The Labute approximate surface area is 189 Å². The lowest BCUT2D eigenvalue weighted by atomic mass is 10.2. The molecule has 1 saturated heterocycles. The van der Waals surface area contributed by atoms with Crippen LogP contribution in [0.5, 0.6) is 0 Å². The number of nitrogens with one attached hydrogen (secondary N) is 1. The summed E-state index contributed by atoms with van der Waals surface area (Å²) in [5.41, 5.74) is 1.59. The molecular formula is C21H20Cl2N6O2. The Morgan fingerprint density at radius 3 is 2.32 bits per heavy atom. The van der Waals surface area contributed by atoms with E-state index in [1.807, 2.05) is 23.1 Å². The van der Waals surface area contributed by atoms with E-state index in [0.29, 0.717) is 34.6 Å². The van der Waals surface area contributed by atoms with Crippen LogP contribution in [0.25, 0.3) is 0 Å². The molecule has 2 heterocycles. The Bertz CT molecular complexity index is 1050. The molecule has 0 bridgehead atoms. The number of nitro groups is 1. The van der Waals surface area contributed by atoms with Crippen LogP contribution in [0.2, 0.25) is 10.0 Å². The molecule has 1 aliphatic rings. The standard InChI is InChI=1S/C21H20Cl2N6O2/c22-16-10-17(23)12-18(11-16)26-20-19(29(30)31)21(25-14-24-20)28-8-6-27(7-9-28)13-15-4-2-1-3-5-15/h1-5,10-12,14H,6-9,13H2,(H,24,25,26). The van der Waals surface area contributed by atoms with Gasteiger partial charge in [0.2, 0.25) is 11.6 Å². The van der Waals surface area contributed by atoms with Crippen LogP contribution in [-0.2, 0) is 6.54 Å². The number of aromatic nitrogens is 2. The first-order valence-corrected chi connectivity index (χ1v) is 10.5. The van der Waals surface area contributed by atoms with Crippen molar-refractivity contribution in [3.8, 4) is 0 Å². The number of hydrogen-bond donors (Lipinski definition) is 1. The Morgan fingerprint density at radius 1 is 1.00 bits per heavy atom. The van der Waals surface area contributed by atoms with Crippen LogP contribution in [0.15, 0.2) is 54.9 Å². The second-order valence-electron chi connectivity index (χ2n) is 7.18. The summed E-state index contributed by atoms with van der Waals surface area (Å²) in [7, 11) is 0. The predicted molar refractivity (Wildman–Crippen MR) is 122 cm³/mol. The highest BCUT2D eigenvalue weighted by Crippen LogP contribution is 2.35. The molecule has 3 aromatic rings. The van der Waals surface area contributed by atoms with Crippen LogP contribution in [0, 0.1) is 10.1 Å². The quantitative estimate of drug-likeness (QED) is 0.420. The molecule has 0 amide bonds. The van der Waals surface area contributed by atoms with Crippen LogP contribution in [-0.4, -0.2) is 46.0 Å². The molecule has 1 aliphatic heterocycles. The van der Waals surface area contributed by atoms with Gasteiger partial charge in [-0.1, -0.05) is 53.5 Å². The minimum Gasteiger partial charge on any atom is -0.348 e. The maximum absolute atomic E-state index is 11.9. The minimum absolute atomic E-state index is 0.0973. The average Bonchev–Trinajstić information content (AvgIpc) is 2.74. The third kappa shape index (κ3) is 5.22. The lowest BCUT2D eigenvalue weighted by Crippen LogP contribution is -2.46. The smallest absolute Gasteiger partial charge is 0.348 e. The monoisotopic (exact) mass is 458 g/mol. The average molecular weight is 459 g/mol. The molecule has 160 valence electrons. The van der Waals surface area contributed by atoms with Gasteiger partial charge in [-0.25, -0.2) is 9.97 Å². The summed E-state index contributed by atoms with van der Waals surface area (Å²) in [6.07, 6.45) is 1.33. The first kappa shape index (κ1) is 21.3.